The minimum atomic E-state index is -0.823. The zero-order valence-corrected chi connectivity index (χ0v) is 11.4. The van der Waals surface area contributed by atoms with Crippen molar-refractivity contribution in [1.82, 2.24) is 5.48 Å². The summed E-state index contributed by atoms with van der Waals surface area (Å²) < 4.78 is 27.1. The first kappa shape index (κ1) is 15.4. The van der Waals surface area contributed by atoms with E-state index >= 15 is 0 Å². The van der Waals surface area contributed by atoms with E-state index in [1.807, 2.05) is 0 Å². The number of hydrogen-bond donors (Lipinski definition) is 2. The van der Waals surface area contributed by atoms with Crippen LogP contribution < -0.4 is 10.8 Å². The Bertz CT molecular complexity index is 470. The molecule has 19 heavy (non-hydrogen) atoms. The largest absolute Gasteiger partial charge is 0.343 e. The van der Waals surface area contributed by atoms with Gasteiger partial charge in [-0.15, -0.1) is 0 Å². The van der Waals surface area contributed by atoms with Crippen molar-refractivity contribution in [3.8, 4) is 0 Å². The molecule has 4 nitrogen and oxygen atoms in total. The second-order valence-electron chi connectivity index (χ2n) is 5.05. The molecule has 2 amide bonds. The second-order valence-corrected chi connectivity index (χ2v) is 5.05. The van der Waals surface area contributed by atoms with E-state index < -0.39 is 23.1 Å². The minimum absolute atomic E-state index is 0.0499. The number of rotatable bonds is 3. The molecule has 0 heterocycles. The summed E-state index contributed by atoms with van der Waals surface area (Å²) in [5, 5.41) is 2.33. The van der Waals surface area contributed by atoms with Crippen LogP contribution in [0.2, 0.25) is 0 Å². The Balaban J connectivity index is 3.08. The Morgan fingerprint density at radius 2 is 1.95 bits per heavy atom. The Morgan fingerprint density at radius 3 is 2.47 bits per heavy atom. The standard InChI is InChI=1S/C13H18F2N2O2/c1-5-19-17-12(18)16-11-9(13(2,3)4)6-8(14)7-10(11)15/h6-7H,5H2,1-4H3,(H2,16,17,18). The average molecular weight is 272 g/mol. The molecule has 1 rings (SSSR count). The van der Waals surface area contributed by atoms with Gasteiger partial charge in [0.1, 0.15) is 11.6 Å². The molecule has 0 aliphatic carbocycles. The monoisotopic (exact) mass is 272 g/mol. The van der Waals surface area contributed by atoms with Crippen LogP contribution in [0.4, 0.5) is 19.3 Å². The molecule has 1 aromatic carbocycles. The van der Waals surface area contributed by atoms with Gasteiger partial charge < -0.3 is 5.32 Å². The topological polar surface area (TPSA) is 50.4 Å². The highest BCUT2D eigenvalue weighted by atomic mass is 19.1. The Kier molecular flexibility index (Phi) is 4.83. The fourth-order valence-corrected chi connectivity index (χ4v) is 1.57. The number of hydroxylamine groups is 1. The summed E-state index contributed by atoms with van der Waals surface area (Å²) in [6.45, 7) is 7.37. The summed E-state index contributed by atoms with van der Waals surface area (Å²) in [6, 6.07) is 1.23. The van der Waals surface area contributed by atoms with Crippen molar-refractivity contribution in [3.05, 3.63) is 29.3 Å². The summed E-state index contributed by atoms with van der Waals surface area (Å²) in [6.07, 6.45) is 0. The van der Waals surface area contributed by atoms with E-state index in [0.717, 1.165) is 6.07 Å². The molecule has 1 aromatic rings. The molecule has 106 valence electrons. The van der Waals surface area contributed by atoms with Crippen LogP contribution in [-0.4, -0.2) is 12.6 Å². The van der Waals surface area contributed by atoms with Gasteiger partial charge in [0.25, 0.3) is 0 Å². The van der Waals surface area contributed by atoms with Gasteiger partial charge in [-0.05, 0) is 24.0 Å². The predicted octanol–water partition coefficient (Wildman–Crippen LogP) is 3.34. The lowest BCUT2D eigenvalue weighted by molar-refractivity contribution is 0.0758. The van der Waals surface area contributed by atoms with Crippen LogP contribution in [0.25, 0.3) is 0 Å². The number of urea groups is 1. The van der Waals surface area contributed by atoms with Crippen molar-refractivity contribution in [2.24, 2.45) is 0 Å². The lowest BCUT2D eigenvalue weighted by Crippen LogP contribution is -2.30. The lowest BCUT2D eigenvalue weighted by Gasteiger charge is -2.23. The third-order valence-corrected chi connectivity index (χ3v) is 2.41. The lowest BCUT2D eigenvalue weighted by atomic mass is 9.85. The number of carbonyl (C=O) groups is 1. The van der Waals surface area contributed by atoms with Crippen molar-refractivity contribution >= 4 is 11.7 Å². The fraction of sp³-hybridized carbons (Fsp3) is 0.462. The number of benzene rings is 1. The van der Waals surface area contributed by atoms with Crippen molar-refractivity contribution in [2.75, 3.05) is 11.9 Å². The van der Waals surface area contributed by atoms with Gasteiger partial charge in [0.15, 0.2) is 0 Å². The maximum Gasteiger partial charge on any atom is 0.343 e. The van der Waals surface area contributed by atoms with Gasteiger partial charge in [0.2, 0.25) is 0 Å². The van der Waals surface area contributed by atoms with Crippen LogP contribution in [0, 0.1) is 11.6 Å². The molecule has 0 unspecified atom stereocenters. The van der Waals surface area contributed by atoms with Crippen LogP contribution in [0.5, 0.6) is 0 Å². The summed E-state index contributed by atoms with van der Waals surface area (Å²) in [5.41, 5.74) is 1.90. The Morgan fingerprint density at radius 1 is 1.32 bits per heavy atom. The van der Waals surface area contributed by atoms with Crippen LogP contribution in [0.15, 0.2) is 12.1 Å². The number of halogens is 2. The molecular formula is C13H18F2N2O2. The van der Waals surface area contributed by atoms with E-state index in [2.05, 4.69) is 10.8 Å². The molecule has 0 aromatic heterocycles. The molecule has 0 saturated heterocycles. The zero-order chi connectivity index (χ0) is 14.6. The van der Waals surface area contributed by atoms with Crippen LogP contribution in [-0.2, 0) is 10.3 Å². The van der Waals surface area contributed by atoms with Gasteiger partial charge in [0, 0.05) is 6.07 Å². The van der Waals surface area contributed by atoms with E-state index in [4.69, 9.17) is 4.84 Å². The fourth-order valence-electron chi connectivity index (χ4n) is 1.57. The molecule has 0 spiro atoms. The van der Waals surface area contributed by atoms with E-state index in [9.17, 15) is 13.6 Å². The van der Waals surface area contributed by atoms with Gasteiger partial charge in [-0.1, -0.05) is 20.8 Å². The quantitative estimate of drug-likeness (QED) is 0.829. The average Bonchev–Trinajstić information content (AvgIpc) is 2.28. The molecule has 0 bridgehead atoms. The van der Waals surface area contributed by atoms with Crippen molar-refractivity contribution < 1.29 is 18.4 Å². The van der Waals surface area contributed by atoms with E-state index in [-0.39, 0.29) is 12.3 Å². The molecule has 0 radical (unpaired) electrons. The number of amides is 2. The molecule has 0 saturated carbocycles. The summed E-state index contributed by atoms with van der Waals surface area (Å²) >= 11 is 0. The van der Waals surface area contributed by atoms with Crippen molar-refractivity contribution in [2.45, 2.75) is 33.1 Å². The SMILES string of the molecule is CCONC(=O)Nc1c(F)cc(F)cc1C(C)(C)C. The smallest absolute Gasteiger partial charge is 0.303 e. The highest BCUT2D eigenvalue weighted by molar-refractivity contribution is 5.89. The molecule has 0 aliphatic heterocycles. The summed E-state index contributed by atoms with van der Waals surface area (Å²) in [4.78, 5) is 16.2. The van der Waals surface area contributed by atoms with E-state index in [1.54, 1.807) is 27.7 Å². The molecule has 6 heteroatoms. The van der Waals surface area contributed by atoms with Gasteiger partial charge in [0.05, 0.1) is 12.3 Å². The van der Waals surface area contributed by atoms with E-state index in [0.29, 0.717) is 5.56 Å². The van der Waals surface area contributed by atoms with E-state index in [1.165, 1.54) is 6.07 Å². The number of carbonyl (C=O) groups excluding carboxylic acids is 1. The molecular weight excluding hydrogens is 254 g/mol. The molecule has 2 N–H and O–H groups in total. The molecule has 0 aliphatic rings. The predicted molar refractivity (Wildman–Crippen MR) is 68.8 cm³/mol. The third kappa shape index (κ3) is 4.17. The van der Waals surface area contributed by atoms with Crippen molar-refractivity contribution in [3.63, 3.8) is 0 Å². The second kappa shape index (κ2) is 5.97. The van der Waals surface area contributed by atoms with Gasteiger partial charge in [-0.25, -0.2) is 19.1 Å². The number of hydrogen-bond acceptors (Lipinski definition) is 2. The van der Waals surface area contributed by atoms with Crippen LogP contribution >= 0.6 is 0 Å². The van der Waals surface area contributed by atoms with Gasteiger partial charge in [-0.2, -0.15) is 0 Å². The molecule has 0 atom stereocenters. The van der Waals surface area contributed by atoms with Crippen LogP contribution in [0.3, 0.4) is 0 Å². The first-order chi connectivity index (χ1) is 8.75. The Labute approximate surface area is 111 Å². The van der Waals surface area contributed by atoms with Crippen molar-refractivity contribution in [1.29, 1.82) is 0 Å². The maximum atomic E-state index is 13.8. The summed E-state index contributed by atoms with van der Waals surface area (Å²) in [7, 11) is 0. The third-order valence-electron chi connectivity index (χ3n) is 2.41. The highest BCUT2D eigenvalue weighted by Gasteiger charge is 2.23. The van der Waals surface area contributed by atoms with Crippen LogP contribution in [0.1, 0.15) is 33.3 Å². The number of nitrogens with one attached hydrogen (secondary N) is 2. The first-order valence-electron chi connectivity index (χ1n) is 5.94. The first-order valence-corrected chi connectivity index (χ1v) is 5.94. The van der Waals surface area contributed by atoms with Gasteiger partial charge in [-0.3, -0.25) is 4.84 Å². The zero-order valence-electron chi connectivity index (χ0n) is 11.4. The summed E-state index contributed by atoms with van der Waals surface area (Å²) in [5.74, 6) is -1.50. The Hall–Kier alpha value is -1.69. The molecule has 0 fully saturated rings. The minimum Gasteiger partial charge on any atom is -0.303 e. The van der Waals surface area contributed by atoms with Gasteiger partial charge >= 0.3 is 6.03 Å². The maximum absolute atomic E-state index is 13.8. The number of anilines is 1. The normalized spacial score (nSPS) is 11.3. The highest BCUT2D eigenvalue weighted by Crippen LogP contribution is 2.32.